The fraction of sp³-hybridized carbons (Fsp3) is 0.176. The Labute approximate surface area is 109 Å². The minimum absolute atomic E-state index is 0.407. The van der Waals surface area contributed by atoms with Crippen molar-refractivity contribution in [3.8, 4) is 11.8 Å². The second kappa shape index (κ2) is 5.93. The second-order valence-corrected chi connectivity index (χ2v) is 4.46. The maximum absolute atomic E-state index is 3.41. The molecule has 2 aromatic rings. The van der Waals surface area contributed by atoms with E-state index in [0.29, 0.717) is 6.04 Å². The lowest BCUT2D eigenvalue weighted by Gasteiger charge is -2.11. The minimum atomic E-state index is 0.407. The molecule has 0 atom stereocenters. The third-order valence-electron chi connectivity index (χ3n) is 2.49. The SMILES string of the molecule is CC(C)Nc1ccccc1C#Cc1ccccc1. The van der Waals surface area contributed by atoms with Crippen LogP contribution >= 0.6 is 0 Å². The van der Waals surface area contributed by atoms with Crippen LogP contribution in [0.15, 0.2) is 54.6 Å². The van der Waals surface area contributed by atoms with E-state index >= 15 is 0 Å². The molecule has 0 radical (unpaired) electrons. The molecule has 0 aliphatic carbocycles. The number of rotatable bonds is 2. The van der Waals surface area contributed by atoms with Gasteiger partial charge in [0.2, 0.25) is 0 Å². The summed E-state index contributed by atoms with van der Waals surface area (Å²) in [5, 5.41) is 3.41. The zero-order chi connectivity index (χ0) is 12.8. The van der Waals surface area contributed by atoms with Gasteiger partial charge in [0.15, 0.2) is 0 Å². The van der Waals surface area contributed by atoms with Gasteiger partial charge in [-0.15, -0.1) is 0 Å². The smallest absolute Gasteiger partial charge is 0.0501 e. The van der Waals surface area contributed by atoms with Gasteiger partial charge in [0, 0.05) is 17.2 Å². The number of hydrogen-bond acceptors (Lipinski definition) is 1. The van der Waals surface area contributed by atoms with Crippen LogP contribution in [0.2, 0.25) is 0 Å². The normalized spacial score (nSPS) is 9.72. The van der Waals surface area contributed by atoms with Gasteiger partial charge in [0.25, 0.3) is 0 Å². The number of hydrogen-bond donors (Lipinski definition) is 1. The van der Waals surface area contributed by atoms with Crippen LogP contribution in [-0.4, -0.2) is 6.04 Å². The van der Waals surface area contributed by atoms with E-state index in [1.54, 1.807) is 0 Å². The predicted octanol–water partition coefficient (Wildman–Crippen LogP) is 3.91. The lowest BCUT2D eigenvalue weighted by atomic mass is 10.1. The standard InChI is InChI=1S/C17H17N/c1-14(2)18-17-11-7-6-10-16(17)13-12-15-8-4-3-5-9-15/h3-11,14,18H,1-2H3. The third kappa shape index (κ3) is 3.40. The topological polar surface area (TPSA) is 12.0 Å². The van der Waals surface area contributed by atoms with Crippen LogP contribution in [-0.2, 0) is 0 Å². The second-order valence-electron chi connectivity index (χ2n) is 4.46. The summed E-state index contributed by atoms with van der Waals surface area (Å²) < 4.78 is 0. The largest absolute Gasteiger partial charge is 0.382 e. The Balaban J connectivity index is 2.27. The third-order valence-corrected chi connectivity index (χ3v) is 2.49. The fourth-order valence-electron chi connectivity index (χ4n) is 1.69. The summed E-state index contributed by atoms with van der Waals surface area (Å²) in [6.45, 7) is 4.25. The van der Waals surface area contributed by atoms with Gasteiger partial charge in [-0.3, -0.25) is 0 Å². The van der Waals surface area contributed by atoms with Gasteiger partial charge < -0.3 is 5.32 Å². The first kappa shape index (κ1) is 12.3. The van der Waals surface area contributed by atoms with Crippen LogP contribution in [0.1, 0.15) is 25.0 Å². The maximum Gasteiger partial charge on any atom is 0.0501 e. The summed E-state index contributed by atoms with van der Waals surface area (Å²) in [6, 6.07) is 18.6. The van der Waals surface area contributed by atoms with E-state index in [-0.39, 0.29) is 0 Å². The molecule has 18 heavy (non-hydrogen) atoms. The van der Waals surface area contributed by atoms with E-state index in [2.05, 4.69) is 37.1 Å². The van der Waals surface area contributed by atoms with Gasteiger partial charge in [0.05, 0.1) is 5.69 Å². The molecule has 0 aromatic heterocycles. The molecule has 90 valence electrons. The molecule has 0 fully saturated rings. The minimum Gasteiger partial charge on any atom is -0.382 e. The molecule has 0 saturated heterocycles. The number of para-hydroxylation sites is 1. The van der Waals surface area contributed by atoms with Crippen LogP contribution in [0, 0.1) is 11.8 Å². The summed E-state index contributed by atoms with van der Waals surface area (Å²) in [5.74, 6) is 6.41. The Kier molecular flexibility index (Phi) is 4.04. The van der Waals surface area contributed by atoms with Crippen LogP contribution < -0.4 is 5.32 Å². The monoisotopic (exact) mass is 235 g/mol. The van der Waals surface area contributed by atoms with Gasteiger partial charge in [-0.2, -0.15) is 0 Å². The average Bonchev–Trinajstić information content (AvgIpc) is 2.38. The summed E-state index contributed by atoms with van der Waals surface area (Å²) in [7, 11) is 0. The van der Waals surface area contributed by atoms with E-state index in [9.17, 15) is 0 Å². The Morgan fingerprint density at radius 3 is 2.22 bits per heavy atom. The van der Waals surface area contributed by atoms with E-state index in [1.807, 2.05) is 48.5 Å². The number of anilines is 1. The molecule has 0 amide bonds. The van der Waals surface area contributed by atoms with Gasteiger partial charge >= 0.3 is 0 Å². The van der Waals surface area contributed by atoms with Crippen molar-refractivity contribution < 1.29 is 0 Å². The molecule has 1 heteroatoms. The van der Waals surface area contributed by atoms with Crippen molar-refractivity contribution in [2.45, 2.75) is 19.9 Å². The Morgan fingerprint density at radius 2 is 1.50 bits per heavy atom. The highest BCUT2D eigenvalue weighted by atomic mass is 14.9. The first-order valence-corrected chi connectivity index (χ1v) is 6.18. The quantitative estimate of drug-likeness (QED) is 0.778. The van der Waals surface area contributed by atoms with Crippen molar-refractivity contribution in [1.29, 1.82) is 0 Å². The Morgan fingerprint density at radius 1 is 0.833 bits per heavy atom. The first-order chi connectivity index (χ1) is 8.75. The van der Waals surface area contributed by atoms with Crippen molar-refractivity contribution in [3.05, 3.63) is 65.7 Å². The van der Waals surface area contributed by atoms with E-state index in [4.69, 9.17) is 0 Å². The van der Waals surface area contributed by atoms with E-state index in [1.165, 1.54) is 0 Å². The van der Waals surface area contributed by atoms with Crippen molar-refractivity contribution in [3.63, 3.8) is 0 Å². The highest BCUT2D eigenvalue weighted by Gasteiger charge is 1.99. The zero-order valence-electron chi connectivity index (χ0n) is 10.8. The van der Waals surface area contributed by atoms with Crippen molar-refractivity contribution in [2.24, 2.45) is 0 Å². The van der Waals surface area contributed by atoms with Crippen molar-refractivity contribution >= 4 is 5.69 Å². The zero-order valence-corrected chi connectivity index (χ0v) is 10.8. The summed E-state index contributed by atoms with van der Waals surface area (Å²) in [5.41, 5.74) is 3.17. The summed E-state index contributed by atoms with van der Waals surface area (Å²) in [4.78, 5) is 0. The summed E-state index contributed by atoms with van der Waals surface area (Å²) >= 11 is 0. The number of nitrogens with one attached hydrogen (secondary N) is 1. The summed E-state index contributed by atoms with van der Waals surface area (Å²) in [6.07, 6.45) is 0. The van der Waals surface area contributed by atoms with Gasteiger partial charge in [-0.25, -0.2) is 0 Å². The first-order valence-electron chi connectivity index (χ1n) is 6.18. The molecule has 1 N–H and O–H groups in total. The van der Waals surface area contributed by atoms with Gasteiger partial charge in [0.1, 0.15) is 0 Å². The molecule has 0 bridgehead atoms. The van der Waals surface area contributed by atoms with Crippen molar-refractivity contribution in [2.75, 3.05) is 5.32 Å². The molecule has 0 aliphatic rings. The lowest BCUT2D eigenvalue weighted by molar-refractivity contribution is 0.899. The molecule has 2 rings (SSSR count). The Bertz CT molecular complexity index is 559. The molecule has 0 unspecified atom stereocenters. The van der Waals surface area contributed by atoms with Crippen molar-refractivity contribution in [1.82, 2.24) is 0 Å². The van der Waals surface area contributed by atoms with E-state index in [0.717, 1.165) is 16.8 Å². The molecule has 0 heterocycles. The molecule has 0 spiro atoms. The van der Waals surface area contributed by atoms with Crippen LogP contribution in [0.5, 0.6) is 0 Å². The predicted molar refractivity (Wildman–Crippen MR) is 77.6 cm³/mol. The lowest BCUT2D eigenvalue weighted by Crippen LogP contribution is -2.10. The molecular formula is C17H17N. The highest BCUT2D eigenvalue weighted by Crippen LogP contribution is 2.14. The maximum atomic E-state index is 3.41. The van der Waals surface area contributed by atoms with E-state index < -0.39 is 0 Å². The van der Waals surface area contributed by atoms with Crippen LogP contribution in [0.25, 0.3) is 0 Å². The average molecular weight is 235 g/mol. The highest BCUT2D eigenvalue weighted by molar-refractivity contribution is 5.60. The molecular weight excluding hydrogens is 218 g/mol. The van der Waals surface area contributed by atoms with Gasteiger partial charge in [-0.05, 0) is 38.1 Å². The van der Waals surface area contributed by atoms with Gasteiger partial charge in [-0.1, -0.05) is 42.2 Å². The molecule has 2 aromatic carbocycles. The molecule has 0 aliphatic heterocycles. The fourth-order valence-corrected chi connectivity index (χ4v) is 1.69. The van der Waals surface area contributed by atoms with Crippen LogP contribution in [0.4, 0.5) is 5.69 Å². The molecule has 0 saturated carbocycles. The Hall–Kier alpha value is -2.20. The number of benzene rings is 2. The van der Waals surface area contributed by atoms with Crippen LogP contribution in [0.3, 0.4) is 0 Å². The molecule has 1 nitrogen and oxygen atoms in total.